The van der Waals surface area contributed by atoms with Crippen molar-refractivity contribution in [1.29, 1.82) is 0 Å². The van der Waals surface area contributed by atoms with Crippen LogP contribution in [0.15, 0.2) is 35.2 Å². The Kier molecular flexibility index (Phi) is 7.87. The van der Waals surface area contributed by atoms with Gasteiger partial charge in [-0.15, -0.1) is 11.8 Å². The number of fused-ring (bicyclic) bond motifs is 2. The van der Waals surface area contributed by atoms with Crippen LogP contribution in [0.25, 0.3) is 0 Å². The molecule has 1 aromatic rings. The lowest BCUT2D eigenvalue weighted by molar-refractivity contribution is -0.163. The number of ether oxygens (including phenoxy) is 1. The van der Waals surface area contributed by atoms with E-state index in [1.807, 2.05) is 43.5 Å². The van der Waals surface area contributed by atoms with Crippen LogP contribution < -0.4 is 0 Å². The van der Waals surface area contributed by atoms with Crippen molar-refractivity contribution < 1.29 is 24.5 Å². The maximum absolute atomic E-state index is 12.8. The molecular weight excluding hydrogens is 376 g/mol. The molecule has 0 saturated heterocycles. The summed E-state index contributed by atoms with van der Waals surface area (Å²) in [5.74, 6) is -2.39. The number of ketones is 1. The Morgan fingerprint density at radius 2 is 2.00 bits per heavy atom. The third-order valence-electron chi connectivity index (χ3n) is 5.18. The summed E-state index contributed by atoms with van der Waals surface area (Å²) in [4.78, 5) is 26.3. The molecule has 2 rings (SSSR count). The van der Waals surface area contributed by atoms with Crippen molar-refractivity contribution in [3.63, 3.8) is 0 Å². The zero-order chi connectivity index (χ0) is 20.9. The number of hydrogen-bond donors (Lipinski definition) is 2. The molecule has 0 radical (unpaired) electrons. The van der Waals surface area contributed by atoms with Crippen LogP contribution >= 0.6 is 11.8 Å². The molecule has 2 N–H and O–H groups in total. The van der Waals surface area contributed by atoms with E-state index >= 15 is 0 Å². The van der Waals surface area contributed by atoms with Gasteiger partial charge in [0.05, 0.1) is 6.61 Å². The van der Waals surface area contributed by atoms with Crippen LogP contribution in [0.5, 0.6) is 0 Å². The predicted octanol–water partition coefficient (Wildman–Crippen LogP) is 3.44. The molecule has 0 saturated carbocycles. The summed E-state index contributed by atoms with van der Waals surface area (Å²) < 4.78 is 5.61. The summed E-state index contributed by atoms with van der Waals surface area (Å²) in [5.41, 5.74) is 0.0196. The zero-order valence-corrected chi connectivity index (χ0v) is 17.8. The second-order valence-electron chi connectivity index (χ2n) is 7.55. The van der Waals surface area contributed by atoms with Gasteiger partial charge in [-0.2, -0.15) is 0 Å². The third-order valence-corrected chi connectivity index (χ3v) is 5.98. The van der Waals surface area contributed by atoms with Crippen molar-refractivity contribution in [2.75, 3.05) is 12.9 Å². The SMILES string of the molecule is CC[C@@H]1OC(=O)[C@H](C)C(=O)C(O)(CO)C/C(SC)=C/[C@@H](C)Cc2cccc1c2. The van der Waals surface area contributed by atoms with Crippen LogP contribution in [0, 0.1) is 11.8 Å². The first-order valence-corrected chi connectivity index (χ1v) is 10.9. The zero-order valence-electron chi connectivity index (χ0n) is 17.0. The first kappa shape index (κ1) is 22.7. The second kappa shape index (κ2) is 9.72. The van der Waals surface area contributed by atoms with E-state index in [1.165, 1.54) is 18.7 Å². The summed E-state index contributed by atoms with van der Waals surface area (Å²) in [7, 11) is 0. The number of carbonyl (C=O) groups is 2. The molecule has 2 bridgehead atoms. The highest BCUT2D eigenvalue weighted by Gasteiger charge is 2.42. The lowest BCUT2D eigenvalue weighted by Gasteiger charge is -2.29. The van der Waals surface area contributed by atoms with E-state index in [0.717, 1.165) is 22.5 Å². The number of benzene rings is 1. The molecule has 4 atom stereocenters. The highest BCUT2D eigenvalue weighted by atomic mass is 32.2. The van der Waals surface area contributed by atoms with E-state index in [9.17, 15) is 19.8 Å². The first-order valence-electron chi connectivity index (χ1n) is 9.65. The highest BCUT2D eigenvalue weighted by Crippen LogP contribution is 2.31. The highest BCUT2D eigenvalue weighted by molar-refractivity contribution is 8.02. The van der Waals surface area contributed by atoms with Crippen LogP contribution in [-0.4, -0.2) is 40.4 Å². The average Bonchev–Trinajstić information content (AvgIpc) is 2.69. The minimum Gasteiger partial charge on any atom is -0.457 e. The lowest BCUT2D eigenvalue weighted by atomic mass is 9.86. The molecule has 1 unspecified atom stereocenters. The molecule has 1 heterocycles. The Balaban J connectivity index is 2.51. The molecule has 1 aliphatic heterocycles. The van der Waals surface area contributed by atoms with Crippen LogP contribution in [-0.2, 0) is 20.7 Å². The fourth-order valence-electron chi connectivity index (χ4n) is 3.52. The molecule has 5 nitrogen and oxygen atoms in total. The standard InChI is InChI=1S/C22H30O5S/c1-5-19-17-8-6-7-16(11-17)9-14(2)10-18(28-4)12-22(26,13-23)20(24)15(3)21(25)27-19/h6-8,10-11,14-15,19,23,26H,5,9,12-13H2,1-4H3/b18-10-/t14-,15+,19-,22?/m0/s1. The number of thioether (sulfide) groups is 1. The van der Waals surface area contributed by atoms with E-state index in [1.54, 1.807) is 0 Å². The van der Waals surface area contributed by atoms with Crippen molar-refractivity contribution in [2.24, 2.45) is 11.8 Å². The van der Waals surface area contributed by atoms with Gasteiger partial charge in [0.15, 0.2) is 11.4 Å². The number of aliphatic hydroxyl groups is 2. The largest absolute Gasteiger partial charge is 0.457 e. The first-order chi connectivity index (χ1) is 13.2. The van der Waals surface area contributed by atoms with Crippen molar-refractivity contribution in [3.05, 3.63) is 46.4 Å². The fraction of sp³-hybridized carbons (Fsp3) is 0.545. The minimum absolute atomic E-state index is 0.0251. The number of cyclic esters (lactones) is 1. The molecule has 6 heteroatoms. The van der Waals surface area contributed by atoms with Crippen LogP contribution in [0.4, 0.5) is 0 Å². The maximum Gasteiger partial charge on any atom is 0.316 e. The molecule has 0 amide bonds. The van der Waals surface area contributed by atoms with E-state index in [-0.39, 0.29) is 12.3 Å². The van der Waals surface area contributed by atoms with Gasteiger partial charge in [-0.3, -0.25) is 9.59 Å². The molecule has 0 aromatic heterocycles. The van der Waals surface area contributed by atoms with Gasteiger partial charge in [-0.05, 0) is 48.0 Å². The fourth-order valence-corrected chi connectivity index (χ4v) is 4.27. The molecule has 0 aliphatic carbocycles. The topological polar surface area (TPSA) is 83.8 Å². The smallest absolute Gasteiger partial charge is 0.316 e. The monoisotopic (exact) mass is 406 g/mol. The number of allylic oxidation sites excluding steroid dienone is 1. The molecular formula is C22H30O5S. The van der Waals surface area contributed by atoms with Gasteiger partial charge < -0.3 is 14.9 Å². The maximum atomic E-state index is 12.8. The van der Waals surface area contributed by atoms with E-state index in [2.05, 4.69) is 6.92 Å². The summed E-state index contributed by atoms with van der Waals surface area (Å²) in [5, 5.41) is 20.6. The Bertz CT molecular complexity index is 744. The number of Topliss-reactive ketones (excluding diaryl/α,β-unsaturated/α-hetero) is 1. The Labute approximate surface area is 171 Å². The van der Waals surface area contributed by atoms with E-state index < -0.39 is 36.0 Å². The third kappa shape index (κ3) is 5.25. The predicted molar refractivity (Wildman–Crippen MR) is 111 cm³/mol. The summed E-state index contributed by atoms with van der Waals surface area (Å²) >= 11 is 1.43. The molecule has 28 heavy (non-hydrogen) atoms. The van der Waals surface area contributed by atoms with Crippen LogP contribution in [0.1, 0.15) is 50.8 Å². The Morgan fingerprint density at radius 3 is 2.61 bits per heavy atom. The molecule has 1 aliphatic rings. The molecule has 1 aromatic carbocycles. The van der Waals surface area contributed by atoms with Crippen molar-refractivity contribution >= 4 is 23.5 Å². The van der Waals surface area contributed by atoms with Gasteiger partial charge in [-0.25, -0.2) is 0 Å². The second-order valence-corrected chi connectivity index (χ2v) is 8.48. The van der Waals surface area contributed by atoms with Gasteiger partial charge in [0.1, 0.15) is 12.0 Å². The van der Waals surface area contributed by atoms with Gasteiger partial charge in [-0.1, -0.05) is 44.2 Å². The number of carbonyl (C=O) groups excluding carboxylic acids is 2. The normalized spacial score (nSPS) is 31.5. The van der Waals surface area contributed by atoms with Gasteiger partial charge in [0.25, 0.3) is 0 Å². The average molecular weight is 407 g/mol. The van der Waals surface area contributed by atoms with Gasteiger partial charge >= 0.3 is 5.97 Å². The number of aliphatic hydroxyl groups excluding tert-OH is 1. The molecule has 0 fully saturated rings. The molecule has 154 valence electrons. The lowest BCUT2D eigenvalue weighted by Crippen LogP contribution is -2.47. The van der Waals surface area contributed by atoms with Crippen LogP contribution in [0.3, 0.4) is 0 Å². The number of rotatable bonds is 3. The number of esters is 1. The quantitative estimate of drug-likeness (QED) is 0.591. The van der Waals surface area contributed by atoms with Gasteiger partial charge in [0.2, 0.25) is 0 Å². The van der Waals surface area contributed by atoms with Gasteiger partial charge in [0, 0.05) is 6.42 Å². The molecule has 0 spiro atoms. The van der Waals surface area contributed by atoms with E-state index in [0.29, 0.717) is 6.42 Å². The summed E-state index contributed by atoms with van der Waals surface area (Å²) in [6.45, 7) is 4.67. The van der Waals surface area contributed by atoms with Crippen molar-refractivity contribution in [1.82, 2.24) is 0 Å². The van der Waals surface area contributed by atoms with E-state index in [4.69, 9.17) is 4.74 Å². The summed E-state index contributed by atoms with van der Waals surface area (Å²) in [6, 6.07) is 7.97. The van der Waals surface area contributed by atoms with Crippen molar-refractivity contribution in [2.45, 2.75) is 51.7 Å². The Hall–Kier alpha value is -1.63. The van der Waals surface area contributed by atoms with Crippen LogP contribution in [0.2, 0.25) is 0 Å². The Morgan fingerprint density at radius 1 is 1.29 bits per heavy atom. The number of hydrogen-bond acceptors (Lipinski definition) is 6. The minimum atomic E-state index is -2.01. The summed E-state index contributed by atoms with van der Waals surface area (Å²) in [6.07, 6.45) is 4.77. The van der Waals surface area contributed by atoms with Crippen molar-refractivity contribution in [3.8, 4) is 0 Å².